The third-order valence-electron chi connectivity index (χ3n) is 15.7. The zero-order valence-electron chi connectivity index (χ0n) is 54.1. The summed E-state index contributed by atoms with van der Waals surface area (Å²) in [5, 5.41) is 45.8. The number of likely N-dealkylation sites (N-methyl/N-ethyl adjacent to an activating group) is 2. The molecule has 24 nitrogen and oxygen atoms in total. The van der Waals surface area contributed by atoms with Crippen LogP contribution in [0.5, 0.6) is 0 Å². The van der Waals surface area contributed by atoms with E-state index in [-0.39, 0.29) is 75.6 Å². The molecule has 87 heavy (non-hydrogen) atoms. The van der Waals surface area contributed by atoms with E-state index in [1.54, 1.807) is 104 Å². The van der Waals surface area contributed by atoms with Crippen LogP contribution in [-0.2, 0) is 59.2 Å². The van der Waals surface area contributed by atoms with Crippen LogP contribution in [0.1, 0.15) is 145 Å². The molecule has 2 aromatic carbocycles. The zero-order valence-corrected chi connectivity index (χ0v) is 54.1. The van der Waals surface area contributed by atoms with Gasteiger partial charge in [-0.15, -0.1) is 0 Å². The highest BCUT2D eigenvalue weighted by Gasteiger charge is 2.41. The first kappa shape index (κ1) is 76.4. The van der Waals surface area contributed by atoms with Crippen LogP contribution in [0.2, 0.25) is 0 Å². The van der Waals surface area contributed by atoms with E-state index >= 15 is 0 Å². The predicted molar refractivity (Wildman–Crippen MR) is 330 cm³/mol. The number of aliphatic hydroxyl groups is 2. The molecule has 0 saturated heterocycles. The number of carbonyl (C=O) groups is 9. The standard InChI is InChI=1S/C63H103N9O15/c1-16-33-72(35-49(86-15)42(10)58(79)65-43(11)57(78)45-23-19-18-20-24-45)51(75)34-48(85-14)56(41(9)17-2)70(12)62(83)54(39(5)6)69-61(82)55(40(7)8)71(13)63(84)87-36-44-28-30-46(31-29-44)66-59(80)47(25-22-32-64-37-73)67-60(81)53(38(3)4)68-50(74)26-21-27-52(76)77/h18-20,23-24,28-31,38-43,47-49,53-57,64,73,78H,16-17,21-22,25-27,32-37H2,1-15H3,(H,65,79)(H,66,80)(H,67,81)(H,68,74)(H,69,82)(H,76,77)/t41-,42+,43+,47-,48+,49-,53-,54-,55?,56-,57+/m0/s1. The molecule has 0 radical (unpaired) electrons. The van der Waals surface area contributed by atoms with Crippen molar-refractivity contribution in [2.24, 2.45) is 29.6 Å². The molecule has 8 amide bonds. The number of hydrogen-bond donors (Lipinski definition) is 9. The number of carboxylic acid groups (broad SMARTS) is 1. The van der Waals surface area contributed by atoms with Crippen LogP contribution in [0, 0.1) is 29.6 Å². The van der Waals surface area contributed by atoms with Gasteiger partial charge in [0.25, 0.3) is 0 Å². The number of aliphatic carboxylic acids is 1. The summed E-state index contributed by atoms with van der Waals surface area (Å²) >= 11 is 0. The molecule has 0 aromatic heterocycles. The Labute approximate surface area is 515 Å². The number of benzene rings is 2. The molecule has 11 atom stereocenters. The number of carbonyl (C=O) groups excluding carboxylic acids is 8. The largest absolute Gasteiger partial charge is 0.481 e. The van der Waals surface area contributed by atoms with E-state index < -0.39 is 114 Å². The van der Waals surface area contributed by atoms with Gasteiger partial charge in [-0.25, -0.2) is 4.79 Å². The molecule has 2 aromatic rings. The van der Waals surface area contributed by atoms with Crippen LogP contribution in [0.25, 0.3) is 0 Å². The third kappa shape index (κ3) is 25.1. The van der Waals surface area contributed by atoms with Gasteiger partial charge in [-0.05, 0) is 86.1 Å². The van der Waals surface area contributed by atoms with E-state index in [1.165, 1.54) is 31.1 Å². The van der Waals surface area contributed by atoms with Crippen LogP contribution in [0.4, 0.5) is 10.5 Å². The molecule has 9 N–H and O–H groups in total. The molecule has 24 heteroatoms. The number of aliphatic hydroxyl groups excluding tert-OH is 2. The van der Waals surface area contributed by atoms with Crippen LogP contribution in [-0.4, -0.2) is 187 Å². The topological polar surface area (TPSA) is 324 Å². The molecule has 490 valence electrons. The maximum Gasteiger partial charge on any atom is 0.410 e. The monoisotopic (exact) mass is 1230 g/mol. The predicted octanol–water partition coefficient (Wildman–Crippen LogP) is 4.97. The Morgan fingerprint density at radius 1 is 0.667 bits per heavy atom. The number of methoxy groups -OCH3 is 2. The Hall–Kier alpha value is -6.73. The van der Waals surface area contributed by atoms with E-state index in [4.69, 9.17) is 19.3 Å². The maximum absolute atomic E-state index is 14.8. The van der Waals surface area contributed by atoms with Crippen molar-refractivity contribution in [2.45, 2.75) is 189 Å². The fourth-order valence-electron chi connectivity index (χ4n) is 10.2. The summed E-state index contributed by atoms with van der Waals surface area (Å²) in [5.74, 6) is -6.44. The van der Waals surface area contributed by atoms with E-state index in [0.717, 1.165) is 0 Å². The molecule has 0 aliphatic rings. The lowest BCUT2D eigenvalue weighted by Crippen LogP contribution is -2.60. The van der Waals surface area contributed by atoms with Gasteiger partial charge in [0.1, 0.15) is 30.8 Å². The summed E-state index contributed by atoms with van der Waals surface area (Å²) < 4.78 is 17.6. The summed E-state index contributed by atoms with van der Waals surface area (Å²) in [4.78, 5) is 126. The van der Waals surface area contributed by atoms with Gasteiger partial charge in [-0.2, -0.15) is 0 Å². The molecule has 0 heterocycles. The molecule has 0 spiro atoms. The van der Waals surface area contributed by atoms with Gasteiger partial charge in [0.2, 0.25) is 41.4 Å². The van der Waals surface area contributed by atoms with Gasteiger partial charge < -0.3 is 65.9 Å². The molecule has 0 aliphatic carbocycles. The van der Waals surface area contributed by atoms with Gasteiger partial charge in [-0.3, -0.25) is 48.6 Å². The quantitative estimate of drug-likeness (QED) is 0.0314. The summed E-state index contributed by atoms with van der Waals surface area (Å²) in [6, 6.07) is 10.0. The van der Waals surface area contributed by atoms with Crippen molar-refractivity contribution in [3.8, 4) is 0 Å². The van der Waals surface area contributed by atoms with E-state index in [9.17, 15) is 53.4 Å². The fourth-order valence-corrected chi connectivity index (χ4v) is 10.2. The number of ether oxygens (including phenoxy) is 3. The van der Waals surface area contributed by atoms with Crippen molar-refractivity contribution in [1.29, 1.82) is 0 Å². The molecular formula is C63H103N9O15. The highest BCUT2D eigenvalue weighted by molar-refractivity contribution is 5.98. The number of carboxylic acids is 1. The number of rotatable bonds is 40. The summed E-state index contributed by atoms with van der Waals surface area (Å²) in [6.45, 7) is 20.2. The molecule has 0 fully saturated rings. The second kappa shape index (κ2) is 39.2. The summed E-state index contributed by atoms with van der Waals surface area (Å²) in [5.41, 5.74) is 1.56. The number of hydrogen-bond acceptors (Lipinski definition) is 15. The first-order valence-corrected chi connectivity index (χ1v) is 30.4. The minimum atomic E-state index is -1.08. The van der Waals surface area contributed by atoms with Gasteiger partial charge in [0.15, 0.2) is 0 Å². The van der Waals surface area contributed by atoms with Gasteiger partial charge in [0.05, 0.1) is 49.5 Å². The summed E-state index contributed by atoms with van der Waals surface area (Å²) in [6.07, 6.45) is -1.77. The van der Waals surface area contributed by atoms with Gasteiger partial charge in [-0.1, -0.05) is 118 Å². The maximum atomic E-state index is 14.8. The average Bonchev–Trinajstić information content (AvgIpc) is 3.57. The van der Waals surface area contributed by atoms with Crippen molar-refractivity contribution in [2.75, 3.05) is 60.0 Å². The fraction of sp³-hybridized carbons (Fsp3) is 0.667. The first-order chi connectivity index (χ1) is 41.1. The normalized spacial score (nSPS) is 15.3. The summed E-state index contributed by atoms with van der Waals surface area (Å²) in [7, 11) is 6.03. The van der Waals surface area contributed by atoms with Crippen LogP contribution in [0.15, 0.2) is 54.6 Å². The zero-order chi connectivity index (χ0) is 65.7. The Kier molecular flexibility index (Phi) is 34.4. The van der Waals surface area contributed by atoms with Gasteiger partial charge >= 0.3 is 12.1 Å². The van der Waals surface area contributed by atoms with Crippen LogP contribution in [0.3, 0.4) is 0 Å². The average molecular weight is 1230 g/mol. The Balaban J connectivity index is 2.21. The molecule has 1 unspecified atom stereocenters. The molecule has 0 bridgehead atoms. The minimum Gasteiger partial charge on any atom is -0.481 e. The number of nitrogens with one attached hydrogen (secondary N) is 6. The van der Waals surface area contributed by atoms with Crippen LogP contribution >= 0.6 is 0 Å². The molecule has 2 rings (SSSR count). The van der Waals surface area contributed by atoms with E-state index in [2.05, 4.69) is 31.9 Å². The van der Waals surface area contributed by atoms with Gasteiger partial charge in [0, 0.05) is 59.9 Å². The number of anilines is 1. The lowest BCUT2D eigenvalue weighted by molar-refractivity contribution is -0.147. The highest BCUT2D eigenvalue weighted by atomic mass is 16.6. The Morgan fingerprint density at radius 2 is 1.29 bits per heavy atom. The van der Waals surface area contributed by atoms with Crippen molar-refractivity contribution in [1.82, 2.24) is 41.3 Å². The SMILES string of the molecule is CCCN(C[C@H](OC)[C@@H](C)C(=O)N[C@H](C)[C@@H](O)c1ccccc1)C(=O)C[C@@H](OC)[C@H]([C@@H](C)CC)N(C)C(=O)[C@@H](NC(=O)C(C(C)C)N(C)C(=O)OCc1ccc(NC(=O)[C@H](CCCNCO)NC(=O)[C@@H](NC(=O)CCCC(=O)O)C(C)C)cc1)C(C)C. The van der Waals surface area contributed by atoms with Crippen molar-refractivity contribution in [3.63, 3.8) is 0 Å². The molecule has 0 aliphatic heterocycles. The smallest absolute Gasteiger partial charge is 0.410 e. The Bertz CT molecular complexity index is 2470. The Morgan fingerprint density at radius 3 is 1.83 bits per heavy atom. The highest BCUT2D eigenvalue weighted by Crippen LogP contribution is 2.26. The molecular weight excluding hydrogens is 1120 g/mol. The van der Waals surface area contributed by atoms with Crippen molar-refractivity contribution < 1.29 is 72.7 Å². The minimum absolute atomic E-state index is 0.0912. The second-order valence-corrected chi connectivity index (χ2v) is 23.5. The van der Waals surface area contributed by atoms with Crippen LogP contribution < -0.4 is 31.9 Å². The molecule has 0 saturated carbocycles. The lowest BCUT2D eigenvalue weighted by atomic mass is 9.89. The lowest BCUT2D eigenvalue weighted by Gasteiger charge is -2.41. The second-order valence-electron chi connectivity index (χ2n) is 23.5. The third-order valence-corrected chi connectivity index (χ3v) is 15.7. The van der Waals surface area contributed by atoms with E-state index in [0.29, 0.717) is 49.2 Å². The number of amides is 8. The van der Waals surface area contributed by atoms with Crippen molar-refractivity contribution >= 4 is 59.1 Å². The first-order valence-electron chi connectivity index (χ1n) is 30.4. The number of nitrogens with zero attached hydrogens (tertiary/aromatic N) is 3. The van der Waals surface area contributed by atoms with Crippen molar-refractivity contribution in [3.05, 3.63) is 65.7 Å². The van der Waals surface area contributed by atoms with E-state index in [1.807, 2.05) is 39.0 Å².